The van der Waals surface area contributed by atoms with Gasteiger partial charge in [-0.15, -0.1) is 0 Å². The van der Waals surface area contributed by atoms with E-state index in [4.69, 9.17) is 4.42 Å². The lowest BCUT2D eigenvalue weighted by Crippen LogP contribution is -2.32. The lowest BCUT2D eigenvalue weighted by Gasteiger charge is -2.17. The van der Waals surface area contributed by atoms with Gasteiger partial charge in [-0.25, -0.2) is 0 Å². The molecule has 20 heavy (non-hydrogen) atoms. The summed E-state index contributed by atoms with van der Waals surface area (Å²) in [5, 5.41) is 9.86. The largest absolute Gasteiger partial charge is 0.461 e. The molecular formula is C16H21NO3. The standard InChI is InChI=1S/C16H21NO3/c1-11-9-13(11)14-5-3-12(20-14)4-6-15(18)17-8-7-16(2,19)10-17/h3-6,11,13,19H,7-10H2,1-2H3/b6-4+. The molecule has 108 valence electrons. The SMILES string of the molecule is CC1CC1c1ccc(/C=C/C(=O)N2CCC(C)(O)C2)o1. The van der Waals surface area contributed by atoms with Crippen LogP contribution in [0.4, 0.5) is 0 Å². The van der Waals surface area contributed by atoms with Crippen LogP contribution in [0, 0.1) is 5.92 Å². The third-order valence-corrected chi connectivity index (χ3v) is 4.28. The Hall–Kier alpha value is -1.55. The Morgan fingerprint density at radius 1 is 1.55 bits per heavy atom. The van der Waals surface area contributed by atoms with Crippen molar-refractivity contribution in [2.75, 3.05) is 13.1 Å². The van der Waals surface area contributed by atoms with Gasteiger partial charge in [0, 0.05) is 25.1 Å². The smallest absolute Gasteiger partial charge is 0.246 e. The van der Waals surface area contributed by atoms with E-state index < -0.39 is 5.60 Å². The monoisotopic (exact) mass is 275 g/mol. The summed E-state index contributed by atoms with van der Waals surface area (Å²) in [6.45, 7) is 4.99. The number of furan rings is 1. The van der Waals surface area contributed by atoms with Crippen LogP contribution in [0.25, 0.3) is 6.08 Å². The number of likely N-dealkylation sites (tertiary alicyclic amines) is 1. The molecule has 3 atom stereocenters. The summed E-state index contributed by atoms with van der Waals surface area (Å²) < 4.78 is 5.73. The first-order chi connectivity index (χ1) is 9.44. The minimum absolute atomic E-state index is 0.0690. The molecule has 1 saturated carbocycles. The number of amides is 1. The Balaban J connectivity index is 1.59. The molecule has 2 heterocycles. The zero-order valence-corrected chi connectivity index (χ0v) is 12.0. The lowest BCUT2D eigenvalue weighted by molar-refractivity contribution is -0.125. The molecule has 0 aromatic carbocycles. The van der Waals surface area contributed by atoms with Crippen LogP contribution >= 0.6 is 0 Å². The molecule has 1 N–H and O–H groups in total. The number of carbonyl (C=O) groups is 1. The second-order valence-electron chi connectivity index (χ2n) is 6.40. The molecule has 1 aliphatic heterocycles. The summed E-state index contributed by atoms with van der Waals surface area (Å²) in [6, 6.07) is 3.91. The zero-order chi connectivity index (χ0) is 14.3. The number of β-amino-alcohol motifs (C(OH)–C–C–N with tert-alkyl or cyclic N) is 1. The van der Waals surface area contributed by atoms with Crippen molar-refractivity contribution in [2.45, 2.75) is 38.2 Å². The van der Waals surface area contributed by atoms with Gasteiger partial charge in [-0.1, -0.05) is 6.92 Å². The fourth-order valence-electron chi connectivity index (χ4n) is 2.77. The van der Waals surface area contributed by atoms with Gasteiger partial charge in [0.1, 0.15) is 11.5 Å². The summed E-state index contributed by atoms with van der Waals surface area (Å²) in [6.07, 6.45) is 5.07. The predicted molar refractivity (Wildman–Crippen MR) is 76.1 cm³/mol. The number of aliphatic hydroxyl groups is 1. The number of rotatable bonds is 3. The normalized spacial score (nSPS) is 33.0. The maximum Gasteiger partial charge on any atom is 0.246 e. The van der Waals surface area contributed by atoms with Gasteiger partial charge in [0.25, 0.3) is 0 Å². The van der Waals surface area contributed by atoms with Crippen LogP contribution < -0.4 is 0 Å². The van der Waals surface area contributed by atoms with Crippen molar-refractivity contribution in [3.05, 3.63) is 29.7 Å². The van der Waals surface area contributed by atoms with Crippen molar-refractivity contribution in [1.82, 2.24) is 4.90 Å². The fourth-order valence-corrected chi connectivity index (χ4v) is 2.77. The first-order valence-electron chi connectivity index (χ1n) is 7.24. The molecular weight excluding hydrogens is 254 g/mol. The maximum atomic E-state index is 12.0. The summed E-state index contributed by atoms with van der Waals surface area (Å²) in [5.41, 5.74) is -0.747. The third kappa shape index (κ3) is 2.80. The molecule has 0 spiro atoms. The molecule has 0 radical (unpaired) electrons. The van der Waals surface area contributed by atoms with Crippen LogP contribution in [0.1, 0.15) is 44.1 Å². The van der Waals surface area contributed by atoms with Gasteiger partial charge >= 0.3 is 0 Å². The van der Waals surface area contributed by atoms with E-state index in [1.54, 1.807) is 17.9 Å². The highest BCUT2D eigenvalue weighted by Crippen LogP contribution is 2.47. The predicted octanol–water partition coefficient (Wildman–Crippen LogP) is 2.40. The number of nitrogens with zero attached hydrogens (tertiary/aromatic N) is 1. The van der Waals surface area contributed by atoms with Crippen molar-refractivity contribution in [3.8, 4) is 0 Å². The van der Waals surface area contributed by atoms with Gasteiger partial charge in [-0.2, -0.15) is 0 Å². The first-order valence-corrected chi connectivity index (χ1v) is 7.24. The summed E-state index contributed by atoms with van der Waals surface area (Å²) in [7, 11) is 0. The van der Waals surface area contributed by atoms with E-state index in [1.165, 1.54) is 12.5 Å². The highest BCUT2D eigenvalue weighted by Gasteiger charge is 2.36. The molecule has 3 unspecified atom stereocenters. The van der Waals surface area contributed by atoms with Gasteiger partial charge in [-0.05, 0) is 43.9 Å². The van der Waals surface area contributed by atoms with E-state index in [0.717, 1.165) is 11.5 Å². The molecule has 1 aliphatic carbocycles. The second-order valence-corrected chi connectivity index (χ2v) is 6.40. The van der Waals surface area contributed by atoms with Crippen LogP contribution in [0.3, 0.4) is 0 Å². The average Bonchev–Trinajstić information content (AvgIpc) is 2.82. The highest BCUT2D eigenvalue weighted by molar-refractivity contribution is 5.91. The Morgan fingerprint density at radius 3 is 2.90 bits per heavy atom. The Bertz CT molecular complexity index is 544. The Kier molecular flexibility index (Phi) is 3.21. The van der Waals surface area contributed by atoms with Crippen LogP contribution in [0.15, 0.2) is 22.6 Å². The summed E-state index contributed by atoms with van der Waals surface area (Å²) in [4.78, 5) is 13.7. The van der Waals surface area contributed by atoms with Gasteiger partial charge in [0.2, 0.25) is 5.91 Å². The molecule has 1 aromatic rings. The lowest BCUT2D eigenvalue weighted by atomic mass is 10.1. The topological polar surface area (TPSA) is 53.7 Å². The van der Waals surface area contributed by atoms with Crippen molar-refractivity contribution >= 4 is 12.0 Å². The molecule has 1 amide bonds. The van der Waals surface area contributed by atoms with E-state index in [-0.39, 0.29) is 5.91 Å². The van der Waals surface area contributed by atoms with Crippen LogP contribution in [-0.2, 0) is 4.79 Å². The minimum Gasteiger partial charge on any atom is -0.461 e. The van der Waals surface area contributed by atoms with E-state index >= 15 is 0 Å². The molecule has 0 bridgehead atoms. The van der Waals surface area contributed by atoms with Crippen molar-refractivity contribution in [1.29, 1.82) is 0 Å². The number of hydrogen-bond acceptors (Lipinski definition) is 3. The van der Waals surface area contributed by atoms with Crippen molar-refractivity contribution < 1.29 is 14.3 Å². The van der Waals surface area contributed by atoms with E-state index in [0.29, 0.717) is 31.3 Å². The van der Waals surface area contributed by atoms with Gasteiger partial charge in [0.05, 0.1) is 5.60 Å². The molecule has 1 aromatic heterocycles. The first kappa shape index (κ1) is 13.4. The van der Waals surface area contributed by atoms with Gasteiger partial charge in [0.15, 0.2) is 0 Å². The molecule has 2 aliphatic rings. The highest BCUT2D eigenvalue weighted by atomic mass is 16.3. The molecule has 1 saturated heterocycles. The van der Waals surface area contributed by atoms with Crippen LogP contribution in [0.2, 0.25) is 0 Å². The van der Waals surface area contributed by atoms with E-state index in [9.17, 15) is 9.90 Å². The van der Waals surface area contributed by atoms with Crippen LogP contribution in [0.5, 0.6) is 0 Å². The average molecular weight is 275 g/mol. The Labute approximate surface area is 119 Å². The summed E-state index contributed by atoms with van der Waals surface area (Å²) in [5.74, 6) is 2.95. The minimum atomic E-state index is -0.747. The molecule has 3 rings (SSSR count). The van der Waals surface area contributed by atoms with E-state index in [1.807, 2.05) is 12.1 Å². The van der Waals surface area contributed by atoms with Gasteiger partial charge < -0.3 is 14.4 Å². The second kappa shape index (κ2) is 4.77. The molecule has 4 nitrogen and oxygen atoms in total. The quantitative estimate of drug-likeness (QED) is 0.862. The number of hydrogen-bond donors (Lipinski definition) is 1. The number of carbonyl (C=O) groups excluding carboxylic acids is 1. The summed E-state index contributed by atoms with van der Waals surface area (Å²) >= 11 is 0. The van der Waals surface area contributed by atoms with E-state index in [2.05, 4.69) is 6.92 Å². The van der Waals surface area contributed by atoms with Crippen molar-refractivity contribution in [3.63, 3.8) is 0 Å². The maximum absolute atomic E-state index is 12.0. The van der Waals surface area contributed by atoms with Crippen LogP contribution in [-0.4, -0.2) is 34.6 Å². The van der Waals surface area contributed by atoms with Crippen molar-refractivity contribution in [2.24, 2.45) is 5.92 Å². The third-order valence-electron chi connectivity index (χ3n) is 4.28. The molecule has 2 fully saturated rings. The van der Waals surface area contributed by atoms with Gasteiger partial charge in [-0.3, -0.25) is 4.79 Å². The Morgan fingerprint density at radius 2 is 2.30 bits per heavy atom. The molecule has 4 heteroatoms. The fraction of sp³-hybridized carbons (Fsp3) is 0.562. The zero-order valence-electron chi connectivity index (χ0n) is 12.0.